The molecule has 0 radical (unpaired) electrons. The van der Waals surface area contributed by atoms with E-state index in [9.17, 15) is 104 Å². The summed E-state index contributed by atoms with van der Waals surface area (Å²) in [6.07, 6.45) is 4.99. The third-order valence-corrected chi connectivity index (χ3v) is 18.7. The fourth-order valence-corrected chi connectivity index (χ4v) is 19.0. The van der Waals surface area contributed by atoms with Crippen LogP contribution in [0.3, 0.4) is 0 Å². The molecule has 2 atom stereocenters. The molecule has 37 heteroatoms. The van der Waals surface area contributed by atoms with Crippen LogP contribution < -0.4 is 0 Å². The van der Waals surface area contributed by atoms with Gasteiger partial charge < -0.3 is 9.97 Å². The van der Waals surface area contributed by atoms with Crippen molar-refractivity contribution in [3.8, 4) is 0 Å². The molecular formula is C30H22N4O24S8Zn. The number of nitrogens with zero attached hydrogens (tertiary/aromatic N) is 2. The number of aromatic nitrogens is 4. The molecule has 1 aromatic carbocycles. The van der Waals surface area contributed by atoms with E-state index in [1.807, 2.05) is 0 Å². The van der Waals surface area contributed by atoms with Gasteiger partial charge in [0.15, 0.2) is 10.00 Å². The molecule has 2 unspecified atom stereocenters. The maximum atomic E-state index is 14.5. The third kappa shape index (κ3) is 8.99. The van der Waals surface area contributed by atoms with Gasteiger partial charge in [0.25, 0.3) is 80.9 Å². The van der Waals surface area contributed by atoms with Crippen LogP contribution in [0.25, 0.3) is 51.3 Å². The van der Waals surface area contributed by atoms with Gasteiger partial charge in [-0.05, 0) is 66.8 Å². The Hall–Kier alpha value is -4.54. The Kier molecular flexibility index (Phi) is 12.4. The van der Waals surface area contributed by atoms with E-state index in [1.165, 1.54) is 30.4 Å². The Morgan fingerprint density at radius 1 is 0.463 bits per heavy atom. The summed E-state index contributed by atoms with van der Waals surface area (Å²) in [5, 5.41) is -4.75. The van der Waals surface area contributed by atoms with Crippen molar-refractivity contribution < 1.29 is 123 Å². The first-order valence-corrected chi connectivity index (χ1v) is 28.2. The van der Waals surface area contributed by atoms with Crippen LogP contribution in [0.1, 0.15) is 39.5 Å². The van der Waals surface area contributed by atoms with Crippen LogP contribution in [-0.4, -0.2) is 129 Å². The summed E-state index contributed by atoms with van der Waals surface area (Å²) in [6, 6.07) is 7.88. The quantitative estimate of drug-likeness (QED) is 0.0695. The number of aromatic amines is 2. The van der Waals surface area contributed by atoms with Gasteiger partial charge in [0.1, 0.15) is 29.4 Å². The SMILES string of the molecule is O=S(=O)(O)C1=C(S(=O)(=O)O)C(S(=O)(=O)O)C(c2cc3cc4nc(cc5ccc(cc6nc(cc2[nH]3)C=C6)[nH]5)C=C4)(S(=O)(=O)O)c2c1c(S(=O)(=O)O)c(S(=O)(=O)O)c(S(=O)(=O)O)c2S(=O)(=O)O.[Zn]. The number of rotatable bonds is 9. The second-order valence-electron chi connectivity index (χ2n) is 13.8. The van der Waals surface area contributed by atoms with E-state index in [4.69, 9.17) is 0 Å². The van der Waals surface area contributed by atoms with Gasteiger partial charge in [-0.2, -0.15) is 67.3 Å². The summed E-state index contributed by atoms with van der Waals surface area (Å²) in [6.45, 7) is 0. The van der Waals surface area contributed by atoms with E-state index in [0.29, 0.717) is 17.1 Å². The number of fused-ring (bicyclic) bond motifs is 9. The van der Waals surface area contributed by atoms with Crippen molar-refractivity contribution in [2.75, 3.05) is 0 Å². The Bertz CT molecular complexity index is 4160. The summed E-state index contributed by atoms with van der Waals surface area (Å²) in [7, 11) is -57.9. The first kappa shape index (κ1) is 51.8. The monoisotopic (exact) mass is 1140 g/mol. The van der Waals surface area contributed by atoms with Gasteiger partial charge in [0, 0.05) is 58.2 Å². The molecule has 0 spiro atoms. The second-order valence-corrected chi connectivity index (χ2v) is 25.1. The molecule has 0 saturated carbocycles. The molecule has 4 aromatic rings. The van der Waals surface area contributed by atoms with Crippen molar-refractivity contribution in [2.24, 2.45) is 0 Å². The van der Waals surface area contributed by atoms with Gasteiger partial charge in [-0.1, -0.05) is 0 Å². The predicted molar refractivity (Wildman–Crippen MR) is 222 cm³/mol. The van der Waals surface area contributed by atoms with Gasteiger partial charge >= 0.3 is 0 Å². The minimum Gasteiger partial charge on any atom is -0.355 e. The molecule has 28 nitrogen and oxygen atoms in total. The van der Waals surface area contributed by atoms with Crippen molar-refractivity contribution in [1.29, 1.82) is 0 Å². The number of benzene rings is 1. The standard InChI is InChI=1S/C30H22N4O24S8.Zn/c35-59(36,37)23-21-22(25(61(41,42)43)27(63(47,48)49)26(23)62(44,45)46)30(66(56,57)58,29(65(53,54)55)28(64(50,51)52)24(21)60(38,39)40)19-10-18-9-16-4-3-14(32-16)7-12-1-2-13(31-12)8-15-5-6-17(33-15)11-20(19)34-18;/h1-11,29,31,34H,(H,35,36,37)(H,38,39,40)(H,41,42,43)(H,44,45,46)(H,47,48,49)(H,50,51,52)(H,53,54,55)(H,56,57,58);. The van der Waals surface area contributed by atoms with Crippen LogP contribution >= 0.6 is 0 Å². The predicted octanol–water partition coefficient (Wildman–Crippen LogP) is 0.486. The average molecular weight is 1140 g/mol. The summed E-state index contributed by atoms with van der Waals surface area (Å²) in [5.41, 5.74) is -9.30. The Labute approximate surface area is 389 Å². The third-order valence-electron chi connectivity index (χ3n) is 9.59. The molecule has 3 aliphatic rings. The van der Waals surface area contributed by atoms with Gasteiger partial charge in [-0.25, -0.2) is 9.97 Å². The van der Waals surface area contributed by atoms with E-state index < -0.39 is 154 Å². The molecule has 356 valence electrons. The fourth-order valence-electron chi connectivity index (χ4n) is 7.61. The normalized spacial score (nSPS) is 18.4. The molecule has 10 N–H and O–H groups in total. The number of H-pyrrole nitrogens is 2. The first-order chi connectivity index (χ1) is 29.8. The van der Waals surface area contributed by atoms with Crippen LogP contribution in [0, 0.1) is 0 Å². The maximum absolute atomic E-state index is 14.5. The molecular weight excluding hydrogens is 1120 g/mol. The van der Waals surface area contributed by atoms with Crippen LogP contribution in [-0.2, 0) is 105 Å². The van der Waals surface area contributed by atoms with Crippen molar-refractivity contribution in [3.63, 3.8) is 0 Å². The Morgan fingerprint density at radius 3 is 1.24 bits per heavy atom. The molecule has 0 amide bonds. The van der Waals surface area contributed by atoms with E-state index in [0.717, 1.165) is 12.1 Å². The zero-order chi connectivity index (χ0) is 49.5. The van der Waals surface area contributed by atoms with E-state index in [2.05, 4.69) is 19.9 Å². The average Bonchev–Trinajstić information content (AvgIpc) is 3.92. The van der Waals surface area contributed by atoms with Gasteiger partial charge in [-0.15, -0.1) is 0 Å². The molecule has 5 heterocycles. The smallest absolute Gasteiger partial charge is 0.297 e. The largest absolute Gasteiger partial charge is 0.355 e. The van der Waals surface area contributed by atoms with Crippen molar-refractivity contribution in [3.05, 3.63) is 86.8 Å². The number of nitrogens with one attached hydrogen (secondary N) is 2. The second kappa shape index (κ2) is 16.0. The van der Waals surface area contributed by atoms with Crippen LogP contribution in [0.2, 0.25) is 0 Å². The Balaban J connectivity index is 0.00000741. The van der Waals surface area contributed by atoms with Gasteiger partial charge in [0.05, 0.1) is 22.8 Å². The zero-order valence-electron chi connectivity index (χ0n) is 31.9. The molecule has 3 aromatic heterocycles. The molecule has 1 aliphatic carbocycles. The maximum Gasteiger partial charge on any atom is 0.297 e. The van der Waals surface area contributed by atoms with Crippen LogP contribution in [0.15, 0.2) is 67.0 Å². The molecule has 67 heavy (non-hydrogen) atoms. The zero-order valence-corrected chi connectivity index (χ0v) is 41.4. The molecule has 2 aliphatic heterocycles. The number of hydrogen-bond donors (Lipinski definition) is 10. The van der Waals surface area contributed by atoms with E-state index >= 15 is 0 Å². The van der Waals surface area contributed by atoms with Crippen LogP contribution in [0.5, 0.6) is 0 Å². The summed E-state index contributed by atoms with van der Waals surface area (Å²) < 4.78 is 296. The summed E-state index contributed by atoms with van der Waals surface area (Å²) >= 11 is 0. The molecule has 0 saturated heterocycles. The number of hydrogen-bond acceptors (Lipinski definition) is 18. The summed E-state index contributed by atoms with van der Waals surface area (Å²) in [5.74, 6) is 0. The first-order valence-electron chi connectivity index (χ1n) is 16.6. The minimum absolute atomic E-state index is 0. The van der Waals surface area contributed by atoms with Crippen molar-refractivity contribution >= 4 is 132 Å². The molecule has 7 rings (SSSR count). The minimum atomic E-state index is -7.47. The van der Waals surface area contributed by atoms with Gasteiger partial charge in [-0.3, -0.25) is 36.4 Å². The van der Waals surface area contributed by atoms with Crippen molar-refractivity contribution in [2.45, 2.75) is 29.6 Å². The fraction of sp³-hybridized carbons (Fsp3) is 0.0667. The van der Waals surface area contributed by atoms with E-state index in [1.54, 1.807) is 12.1 Å². The molecule has 8 bridgehead atoms. The van der Waals surface area contributed by atoms with Crippen molar-refractivity contribution in [1.82, 2.24) is 19.9 Å². The van der Waals surface area contributed by atoms with Gasteiger partial charge in [0.2, 0.25) is 0 Å². The Morgan fingerprint density at radius 2 is 0.866 bits per heavy atom. The topological polar surface area (TPSA) is 492 Å². The van der Waals surface area contributed by atoms with Crippen LogP contribution in [0.4, 0.5) is 0 Å². The van der Waals surface area contributed by atoms with E-state index in [-0.39, 0.29) is 42.6 Å². The summed E-state index contributed by atoms with van der Waals surface area (Å²) in [4.78, 5) is -5.76. The molecule has 0 fully saturated rings.